The van der Waals surface area contributed by atoms with Gasteiger partial charge in [0.25, 0.3) is 0 Å². The Balaban J connectivity index is 2.42. The molecule has 0 bridgehead atoms. The summed E-state index contributed by atoms with van der Waals surface area (Å²) in [5.74, 6) is -0.567. The highest BCUT2D eigenvalue weighted by Gasteiger charge is 2.39. The van der Waals surface area contributed by atoms with E-state index in [1.807, 2.05) is 0 Å². The molecule has 1 aliphatic carbocycles. The molecule has 1 aliphatic rings. The molecule has 0 spiro atoms. The van der Waals surface area contributed by atoms with Crippen LogP contribution in [-0.4, -0.2) is 25.2 Å². The first-order chi connectivity index (χ1) is 12.1. The summed E-state index contributed by atoms with van der Waals surface area (Å²) in [5.41, 5.74) is 0. The Morgan fingerprint density at radius 3 is 1.80 bits per heavy atom. The average molecular weight is 355 g/mol. The van der Waals surface area contributed by atoms with E-state index in [4.69, 9.17) is 9.47 Å². The van der Waals surface area contributed by atoms with Gasteiger partial charge in [-0.25, -0.2) is 0 Å². The lowest BCUT2D eigenvalue weighted by Gasteiger charge is -2.31. The summed E-state index contributed by atoms with van der Waals surface area (Å²) in [6, 6.07) is 0. The van der Waals surface area contributed by atoms with Crippen LogP contribution in [-0.2, 0) is 19.1 Å². The zero-order valence-corrected chi connectivity index (χ0v) is 16.6. The molecule has 0 heterocycles. The number of ether oxygens (including phenoxy) is 2. The minimum atomic E-state index is -0.321. The topological polar surface area (TPSA) is 52.6 Å². The zero-order chi connectivity index (χ0) is 18.5. The maximum Gasteiger partial charge on any atom is 0.309 e. The Bertz CT molecular complexity index is 380. The molecule has 4 nitrogen and oxygen atoms in total. The third kappa shape index (κ3) is 8.73. The Kier molecular flexibility index (Phi) is 11.6. The summed E-state index contributed by atoms with van der Waals surface area (Å²) in [7, 11) is 0. The molecule has 0 saturated heterocycles. The fourth-order valence-electron chi connectivity index (χ4n) is 3.54. The van der Waals surface area contributed by atoms with Crippen molar-refractivity contribution in [2.75, 3.05) is 13.2 Å². The lowest BCUT2D eigenvalue weighted by atomic mass is 9.74. The van der Waals surface area contributed by atoms with Gasteiger partial charge in [-0.05, 0) is 38.0 Å². The Morgan fingerprint density at radius 2 is 1.28 bits per heavy atom. The van der Waals surface area contributed by atoms with Crippen LogP contribution < -0.4 is 0 Å². The molecule has 1 rings (SSSR count). The Labute approximate surface area is 154 Å². The van der Waals surface area contributed by atoms with Crippen molar-refractivity contribution in [2.45, 2.75) is 91.4 Å². The number of hydrogen-bond acceptors (Lipinski definition) is 4. The molecular formula is C21H38O4. The molecule has 0 aromatic heterocycles. The van der Waals surface area contributed by atoms with E-state index in [0.717, 1.165) is 44.9 Å². The van der Waals surface area contributed by atoms with Gasteiger partial charge in [-0.3, -0.25) is 9.59 Å². The van der Waals surface area contributed by atoms with Gasteiger partial charge in [0.15, 0.2) is 0 Å². The van der Waals surface area contributed by atoms with Crippen molar-refractivity contribution >= 4 is 11.9 Å². The summed E-state index contributed by atoms with van der Waals surface area (Å²) >= 11 is 0. The van der Waals surface area contributed by atoms with Gasteiger partial charge >= 0.3 is 11.9 Å². The van der Waals surface area contributed by atoms with Gasteiger partial charge < -0.3 is 9.47 Å². The van der Waals surface area contributed by atoms with Crippen molar-refractivity contribution in [1.29, 1.82) is 0 Å². The van der Waals surface area contributed by atoms with Crippen LogP contribution >= 0.6 is 0 Å². The molecule has 0 radical (unpaired) electrons. The first-order valence-corrected chi connectivity index (χ1v) is 10.4. The third-order valence-corrected chi connectivity index (χ3v) is 5.20. The van der Waals surface area contributed by atoms with Crippen LogP contribution in [0.4, 0.5) is 0 Å². The number of carbonyl (C=O) groups excluding carboxylic acids is 2. The van der Waals surface area contributed by atoms with Crippen molar-refractivity contribution in [3.8, 4) is 0 Å². The Morgan fingerprint density at radius 1 is 0.760 bits per heavy atom. The number of unbranched alkanes of at least 4 members (excludes halogenated alkanes) is 6. The minimum Gasteiger partial charge on any atom is -0.465 e. The maximum atomic E-state index is 12.5. The molecule has 0 aliphatic heterocycles. The average Bonchev–Trinajstić information content (AvgIpc) is 2.61. The molecule has 0 aromatic rings. The van der Waals surface area contributed by atoms with Gasteiger partial charge in [0.1, 0.15) is 0 Å². The molecule has 1 fully saturated rings. The normalized spacial score (nSPS) is 23.2. The van der Waals surface area contributed by atoms with Gasteiger partial charge in [-0.2, -0.15) is 0 Å². The van der Waals surface area contributed by atoms with Gasteiger partial charge in [0.2, 0.25) is 0 Å². The standard InChI is InChI=1S/C21H38O4/c1-4-6-8-10-14-24-20(22)18-13-12-17(3)16-19(18)21(23)25-15-11-9-7-5-2/h17-19H,4-16H2,1-3H3. The van der Waals surface area contributed by atoms with E-state index in [-0.39, 0.29) is 23.8 Å². The fourth-order valence-corrected chi connectivity index (χ4v) is 3.54. The third-order valence-electron chi connectivity index (χ3n) is 5.20. The highest BCUT2D eigenvalue weighted by molar-refractivity contribution is 5.82. The minimum absolute atomic E-state index is 0.198. The van der Waals surface area contributed by atoms with Crippen LogP contribution in [0.5, 0.6) is 0 Å². The smallest absolute Gasteiger partial charge is 0.309 e. The summed E-state index contributed by atoms with van der Waals surface area (Å²) in [6.45, 7) is 7.42. The predicted octanol–water partition coefficient (Wildman–Crippen LogP) is 5.29. The number of esters is 2. The quantitative estimate of drug-likeness (QED) is 0.353. The molecule has 0 aromatic carbocycles. The molecule has 0 amide bonds. The van der Waals surface area contributed by atoms with Gasteiger partial charge in [0.05, 0.1) is 25.0 Å². The van der Waals surface area contributed by atoms with E-state index >= 15 is 0 Å². The van der Waals surface area contributed by atoms with Crippen molar-refractivity contribution in [3.63, 3.8) is 0 Å². The predicted molar refractivity (Wildman–Crippen MR) is 100 cm³/mol. The van der Waals surface area contributed by atoms with E-state index in [1.165, 1.54) is 25.7 Å². The molecule has 1 saturated carbocycles. The molecule has 4 heteroatoms. The first kappa shape index (κ1) is 22.0. The second kappa shape index (κ2) is 13.2. The van der Waals surface area contributed by atoms with E-state index in [1.54, 1.807) is 0 Å². The zero-order valence-electron chi connectivity index (χ0n) is 16.6. The van der Waals surface area contributed by atoms with Crippen molar-refractivity contribution < 1.29 is 19.1 Å². The molecule has 25 heavy (non-hydrogen) atoms. The lowest BCUT2D eigenvalue weighted by Crippen LogP contribution is -2.37. The highest BCUT2D eigenvalue weighted by atomic mass is 16.5. The summed E-state index contributed by atoms with van der Waals surface area (Å²) in [5, 5.41) is 0. The second-order valence-corrected chi connectivity index (χ2v) is 7.59. The number of carbonyl (C=O) groups is 2. The number of rotatable bonds is 12. The fraction of sp³-hybridized carbons (Fsp3) is 0.905. The molecule has 0 N–H and O–H groups in total. The van der Waals surface area contributed by atoms with Crippen LogP contribution in [0.25, 0.3) is 0 Å². The molecule has 3 atom stereocenters. The van der Waals surface area contributed by atoms with Crippen molar-refractivity contribution in [3.05, 3.63) is 0 Å². The summed E-state index contributed by atoms with van der Waals surface area (Å²) in [6.07, 6.45) is 11.1. The highest BCUT2D eigenvalue weighted by Crippen LogP contribution is 2.35. The van der Waals surface area contributed by atoms with Crippen LogP contribution in [0.3, 0.4) is 0 Å². The molecular weight excluding hydrogens is 316 g/mol. The van der Waals surface area contributed by atoms with E-state index in [0.29, 0.717) is 19.1 Å². The van der Waals surface area contributed by atoms with Gasteiger partial charge in [-0.1, -0.05) is 59.3 Å². The van der Waals surface area contributed by atoms with Gasteiger partial charge in [0, 0.05) is 0 Å². The number of hydrogen-bond donors (Lipinski definition) is 0. The summed E-state index contributed by atoms with van der Waals surface area (Å²) in [4.78, 5) is 24.9. The van der Waals surface area contributed by atoms with Gasteiger partial charge in [-0.15, -0.1) is 0 Å². The van der Waals surface area contributed by atoms with Crippen LogP contribution in [0, 0.1) is 17.8 Å². The SMILES string of the molecule is CCCCCCOC(=O)C1CCC(C)CC1C(=O)OCCCCCC. The van der Waals surface area contributed by atoms with Crippen LogP contribution in [0.15, 0.2) is 0 Å². The largest absolute Gasteiger partial charge is 0.465 e. The van der Waals surface area contributed by atoms with Crippen LogP contribution in [0.2, 0.25) is 0 Å². The second-order valence-electron chi connectivity index (χ2n) is 7.59. The Hall–Kier alpha value is -1.06. The first-order valence-electron chi connectivity index (χ1n) is 10.4. The molecule has 3 unspecified atom stereocenters. The lowest BCUT2D eigenvalue weighted by molar-refractivity contribution is -0.163. The van der Waals surface area contributed by atoms with E-state index in [9.17, 15) is 9.59 Å². The summed E-state index contributed by atoms with van der Waals surface area (Å²) < 4.78 is 10.9. The van der Waals surface area contributed by atoms with Crippen LogP contribution in [0.1, 0.15) is 91.4 Å². The maximum absolute atomic E-state index is 12.5. The van der Waals surface area contributed by atoms with E-state index in [2.05, 4.69) is 20.8 Å². The molecule has 146 valence electrons. The van der Waals surface area contributed by atoms with Crippen molar-refractivity contribution in [2.24, 2.45) is 17.8 Å². The van der Waals surface area contributed by atoms with E-state index < -0.39 is 0 Å². The van der Waals surface area contributed by atoms with Crippen molar-refractivity contribution in [1.82, 2.24) is 0 Å². The monoisotopic (exact) mass is 354 g/mol.